The molecule has 2 amide bonds. The fourth-order valence-electron chi connectivity index (χ4n) is 4.17. The summed E-state index contributed by atoms with van der Waals surface area (Å²) in [5, 5.41) is 0. The first-order chi connectivity index (χ1) is 10.6. The van der Waals surface area contributed by atoms with E-state index in [4.69, 9.17) is 0 Å². The van der Waals surface area contributed by atoms with Crippen LogP contribution in [-0.2, 0) is 16.0 Å². The number of imide groups is 1. The minimum Gasteiger partial charge on any atom is -0.269 e. The second kappa shape index (κ2) is 5.71. The van der Waals surface area contributed by atoms with Gasteiger partial charge in [-0.25, -0.2) is 0 Å². The molecule has 3 rings (SSSR count). The first-order valence-electron chi connectivity index (χ1n) is 8.30. The molecule has 1 aromatic rings. The van der Waals surface area contributed by atoms with E-state index in [1.807, 2.05) is 0 Å². The zero-order valence-electron chi connectivity index (χ0n) is 13.5. The molecule has 0 unspecified atom stereocenters. The largest absolute Gasteiger partial charge is 0.269 e. The number of hydrogen-bond acceptors (Lipinski definition) is 2. The number of aryl methyl sites for hydroxylation is 1. The van der Waals surface area contributed by atoms with Gasteiger partial charge < -0.3 is 0 Å². The molecule has 3 nitrogen and oxygen atoms in total. The number of benzene rings is 1. The number of amides is 2. The van der Waals surface area contributed by atoms with Crippen molar-refractivity contribution >= 4 is 11.8 Å². The van der Waals surface area contributed by atoms with E-state index in [9.17, 15) is 9.59 Å². The van der Waals surface area contributed by atoms with Crippen LogP contribution in [0.1, 0.15) is 62.3 Å². The number of hydrogen-bond donors (Lipinski definition) is 0. The Labute approximate surface area is 132 Å². The van der Waals surface area contributed by atoms with Crippen molar-refractivity contribution in [2.75, 3.05) is 0 Å². The number of fused-ring (bicyclic) bond motifs is 1. The fourth-order valence-corrected chi connectivity index (χ4v) is 4.17. The molecule has 116 valence electrons. The molecule has 0 spiro atoms. The lowest BCUT2D eigenvalue weighted by molar-refractivity contribution is -0.141. The average molecular weight is 297 g/mol. The summed E-state index contributed by atoms with van der Waals surface area (Å²) in [6, 6.07) is 6.50. The lowest BCUT2D eigenvalue weighted by Crippen LogP contribution is -2.37. The van der Waals surface area contributed by atoms with E-state index in [1.54, 1.807) is 0 Å². The summed E-state index contributed by atoms with van der Waals surface area (Å²) in [7, 11) is 0. The summed E-state index contributed by atoms with van der Waals surface area (Å²) in [5.74, 6) is 0.410. The van der Waals surface area contributed by atoms with E-state index in [2.05, 4.69) is 39.0 Å². The second-order valence-electron chi connectivity index (χ2n) is 6.23. The van der Waals surface area contributed by atoms with Gasteiger partial charge in [0.25, 0.3) is 11.8 Å². The third kappa shape index (κ3) is 2.11. The monoisotopic (exact) mass is 297 g/mol. The van der Waals surface area contributed by atoms with E-state index in [1.165, 1.54) is 33.7 Å². The van der Waals surface area contributed by atoms with Gasteiger partial charge in [0, 0.05) is 12.2 Å². The van der Waals surface area contributed by atoms with Gasteiger partial charge in [0.05, 0.1) is 6.04 Å². The molecule has 0 aromatic heterocycles. The number of nitrogens with zero attached hydrogens (tertiary/aromatic N) is 1. The molecule has 0 saturated heterocycles. The standard InChI is InChI=1S/C19H23NO2/c1-4-12-7-8-15-13(5-2)14(6-3)19(16(15)11-12)20-17(21)9-10-18(20)22/h7-11,13-14,19H,4-6H2,1-3H3/t13-,14-,19-/m0/s1. The zero-order chi connectivity index (χ0) is 15.9. The normalized spacial score (nSPS) is 26.9. The molecule has 0 bridgehead atoms. The summed E-state index contributed by atoms with van der Waals surface area (Å²) in [4.78, 5) is 25.9. The van der Waals surface area contributed by atoms with Gasteiger partial charge in [-0.15, -0.1) is 0 Å². The Morgan fingerprint density at radius 2 is 1.64 bits per heavy atom. The molecule has 0 N–H and O–H groups in total. The number of carbonyl (C=O) groups is 2. The second-order valence-corrected chi connectivity index (χ2v) is 6.23. The Morgan fingerprint density at radius 3 is 2.18 bits per heavy atom. The molecule has 1 aliphatic heterocycles. The summed E-state index contributed by atoms with van der Waals surface area (Å²) in [5.41, 5.74) is 3.77. The maximum Gasteiger partial charge on any atom is 0.254 e. The van der Waals surface area contributed by atoms with Crippen LogP contribution in [0, 0.1) is 5.92 Å². The first-order valence-corrected chi connectivity index (χ1v) is 8.30. The van der Waals surface area contributed by atoms with Crippen molar-refractivity contribution in [2.45, 2.75) is 52.0 Å². The predicted molar refractivity (Wildman–Crippen MR) is 86.4 cm³/mol. The lowest BCUT2D eigenvalue weighted by Gasteiger charge is -2.30. The van der Waals surface area contributed by atoms with E-state index < -0.39 is 0 Å². The van der Waals surface area contributed by atoms with Crippen molar-refractivity contribution in [3.8, 4) is 0 Å². The number of rotatable bonds is 4. The molecule has 1 heterocycles. The minimum atomic E-state index is -0.168. The topological polar surface area (TPSA) is 37.4 Å². The third-order valence-corrected chi connectivity index (χ3v) is 5.23. The lowest BCUT2D eigenvalue weighted by atomic mass is 9.86. The van der Waals surface area contributed by atoms with Gasteiger partial charge >= 0.3 is 0 Å². The third-order valence-electron chi connectivity index (χ3n) is 5.23. The molecule has 0 radical (unpaired) electrons. The summed E-state index contributed by atoms with van der Waals surface area (Å²) < 4.78 is 0. The molecule has 3 atom stereocenters. The van der Waals surface area contributed by atoms with E-state index in [0.29, 0.717) is 11.8 Å². The molecule has 2 aliphatic rings. The summed E-state index contributed by atoms with van der Waals surface area (Å²) >= 11 is 0. The highest BCUT2D eigenvalue weighted by Gasteiger charge is 2.45. The van der Waals surface area contributed by atoms with Gasteiger partial charge in [0.2, 0.25) is 0 Å². The van der Waals surface area contributed by atoms with Gasteiger partial charge in [-0.2, -0.15) is 0 Å². The smallest absolute Gasteiger partial charge is 0.254 e. The Hall–Kier alpha value is -1.90. The average Bonchev–Trinajstić information content (AvgIpc) is 3.02. The van der Waals surface area contributed by atoms with Crippen molar-refractivity contribution in [1.82, 2.24) is 4.90 Å². The quantitative estimate of drug-likeness (QED) is 0.794. The predicted octanol–water partition coefficient (Wildman–Crippen LogP) is 3.75. The van der Waals surface area contributed by atoms with Crippen molar-refractivity contribution in [3.63, 3.8) is 0 Å². The molecular weight excluding hydrogens is 274 g/mol. The zero-order valence-corrected chi connectivity index (χ0v) is 13.5. The first kappa shape index (κ1) is 15.0. The van der Waals surface area contributed by atoms with Crippen LogP contribution in [0.2, 0.25) is 0 Å². The Morgan fingerprint density at radius 1 is 0.955 bits per heavy atom. The Bertz CT molecular complexity index is 629. The van der Waals surface area contributed by atoms with Gasteiger partial charge in [0.15, 0.2) is 0 Å². The maximum absolute atomic E-state index is 12.2. The van der Waals surface area contributed by atoms with Crippen LogP contribution in [0.5, 0.6) is 0 Å². The fraction of sp³-hybridized carbons (Fsp3) is 0.474. The van der Waals surface area contributed by atoms with E-state index in [0.717, 1.165) is 19.3 Å². The molecular formula is C19H23NO2. The van der Waals surface area contributed by atoms with E-state index in [-0.39, 0.29) is 17.9 Å². The Balaban J connectivity index is 2.12. The van der Waals surface area contributed by atoms with Crippen LogP contribution in [0.25, 0.3) is 0 Å². The molecule has 0 saturated carbocycles. The van der Waals surface area contributed by atoms with E-state index >= 15 is 0 Å². The van der Waals surface area contributed by atoms with Gasteiger partial charge in [-0.05, 0) is 41.4 Å². The highest BCUT2D eigenvalue weighted by atomic mass is 16.2. The molecule has 0 fully saturated rings. The van der Waals surface area contributed by atoms with Crippen LogP contribution in [-0.4, -0.2) is 16.7 Å². The molecule has 3 heteroatoms. The Kier molecular flexibility index (Phi) is 3.90. The van der Waals surface area contributed by atoms with Crippen LogP contribution >= 0.6 is 0 Å². The van der Waals surface area contributed by atoms with Crippen LogP contribution < -0.4 is 0 Å². The highest BCUT2D eigenvalue weighted by Crippen LogP contribution is 2.51. The minimum absolute atomic E-state index is 0.105. The van der Waals surface area contributed by atoms with Gasteiger partial charge in [0.1, 0.15) is 0 Å². The van der Waals surface area contributed by atoms with Crippen molar-refractivity contribution in [1.29, 1.82) is 0 Å². The van der Waals surface area contributed by atoms with Crippen molar-refractivity contribution in [3.05, 3.63) is 47.0 Å². The maximum atomic E-state index is 12.2. The molecule has 1 aromatic carbocycles. The SMILES string of the molecule is CCc1ccc2c(c1)[C@@H](N1C(=O)C=CC1=O)[C@@H](CC)[C@@H]2CC. The van der Waals surface area contributed by atoms with Gasteiger partial charge in [-0.3, -0.25) is 14.5 Å². The highest BCUT2D eigenvalue weighted by molar-refractivity contribution is 6.13. The number of carbonyl (C=O) groups excluding carboxylic acids is 2. The molecule has 1 aliphatic carbocycles. The van der Waals surface area contributed by atoms with Crippen LogP contribution in [0.4, 0.5) is 0 Å². The van der Waals surface area contributed by atoms with Crippen molar-refractivity contribution < 1.29 is 9.59 Å². The summed E-state index contributed by atoms with van der Waals surface area (Å²) in [6.07, 6.45) is 5.77. The van der Waals surface area contributed by atoms with Crippen molar-refractivity contribution in [2.24, 2.45) is 5.92 Å². The van der Waals surface area contributed by atoms with Crippen LogP contribution in [0.3, 0.4) is 0 Å². The van der Waals surface area contributed by atoms with Crippen LogP contribution in [0.15, 0.2) is 30.4 Å². The molecule has 22 heavy (non-hydrogen) atoms. The summed E-state index contributed by atoms with van der Waals surface area (Å²) in [6.45, 7) is 6.48. The van der Waals surface area contributed by atoms with Gasteiger partial charge in [-0.1, -0.05) is 45.4 Å².